The second kappa shape index (κ2) is 8.96. The van der Waals surface area contributed by atoms with Crippen LogP contribution in [0.25, 0.3) is 5.82 Å². The highest BCUT2D eigenvalue weighted by molar-refractivity contribution is 5.91. The summed E-state index contributed by atoms with van der Waals surface area (Å²) in [6.07, 6.45) is 4.50. The first-order valence-electron chi connectivity index (χ1n) is 8.44. The Balaban J connectivity index is 1.86. The smallest absolute Gasteiger partial charge is 0.340 e. The molecule has 0 aromatic carbocycles. The van der Waals surface area contributed by atoms with Crippen molar-refractivity contribution in [2.75, 3.05) is 13.2 Å². The largest absolute Gasteiger partial charge is 0.452 e. The van der Waals surface area contributed by atoms with Crippen LogP contribution in [0.4, 0.5) is 0 Å². The molecule has 0 unspecified atom stereocenters. The molecule has 7 heteroatoms. The summed E-state index contributed by atoms with van der Waals surface area (Å²) in [7, 11) is 0. The zero-order chi connectivity index (χ0) is 18.2. The van der Waals surface area contributed by atoms with Crippen molar-refractivity contribution in [1.29, 1.82) is 0 Å². The normalized spacial score (nSPS) is 10.5. The monoisotopic (exact) mass is 344 g/mol. The second-order valence-electron chi connectivity index (χ2n) is 5.88. The maximum Gasteiger partial charge on any atom is 0.340 e. The van der Waals surface area contributed by atoms with Crippen LogP contribution in [0.5, 0.6) is 0 Å². The number of carbonyl (C=O) groups excluding carboxylic acids is 2. The Morgan fingerprint density at radius 1 is 1.24 bits per heavy atom. The summed E-state index contributed by atoms with van der Waals surface area (Å²) >= 11 is 0. The number of aromatic nitrogens is 3. The molecule has 0 aliphatic heterocycles. The van der Waals surface area contributed by atoms with E-state index >= 15 is 0 Å². The summed E-state index contributed by atoms with van der Waals surface area (Å²) in [5, 5.41) is 7.06. The number of aryl methyl sites for hydroxylation is 2. The summed E-state index contributed by atoms with van der Waals surface area (Å²) in [6.45, 7) is 6.25. The van der Waals surface area contributed by atoms with Gasteiger partial charge in [0.05, 0.1) is 11.3 Å². The van der Waals surface area contributed by atoms with Gasteiger partial charge in [0.25, 0.3) is 5.91 Å². The fourth-order valence-corrected chi connectivity index (χ4v) is 2.36. The Hall–Kier alpha value is -2.70. The Morgan fingerprint density at radius 3 is 2.64 bits per heavy atom. The first kappa shape index (κ1) is 18.6. The molecule has 0 radical (unpaired) electrons. The molecule has 2 rings (SSSR count). The number of rotatable bonds is 8. The van der Waals surface area contributed by atoms with E-state index in [-0.39, 0.29) is 12.5 Å². The molecule has 2 heterocycles. The van der Waals surface area contributed by atoms with E-state index in [4.69, 9.17) is 4.74 Å². The van der Waals surface area contributed by atoms with E-state index < -0.39 is 5.97 Å². The third-order valence-corrected chi connectivity index (χ3v) is 3.65. The predicted octanol–water partition coefficient (Wildman–Crippen LogP) is 2.35. The van der Waals surface area contributed by atoms with Crippen LogP contribution in [0, 0.1) is 13.8 Å². The lowest BCUT2D eigenvalue weighted by molar-refractivity contribution is -0.124. The van der Waals surface area contributed by atoms with Gasteiger partial charge in [0.2, 0.25) is 0 Å². The summed E-state index contributed by atoms with van der Waals surface area (Å²) in [6, 6.07) is 5.25. The van der Waals surface area contributed by atoms with Crippen LogP contribution < -0.4 is 5.32 Å². The molecule has 134 valence electrons. The lowest BCUT2D eigenvalue weighted by atomic mass is 10.2. The summed E-state index contributed by atoms with van der Waals surface area (Å²) < 4.78 is 6.71. The van der Waals surface area contributed by atoms with E-state index in [1.807, 2.05) is 19.9 Å². The maximum absolute atomic E-state index is 12.0. The number of carbonyl (C=O) groups is 2. The Labute approximate surface area is 147 Å². The van der Waals surface area contributed by atoms with Gasteiger partial charge in [0.15, 0.2) is 12.4 Å². The lowest BCUT2D eigenvalue weighted by Gasteiger charge is -2.07. The third-order valence-electron chi connectivity index (χ3n) is 3.65. The van der Waals surface area contributed by atoms with Gasteiger partial charge >= 0.3 is 5.97 Å². The molecule has 25 heavy (non-hydrogen) atoms. The minimum absolute atomic E-state index is 0.288. The van der Waals surface area contributed by atoms with Gasteiger partial charge in [-0.15, -0.1) is 0 Å². The summed E-state index contributed by atoms with van der Waals surface area (Å²) in [5.41, 5.74) is 2.15. The van der Waals surface area contributed by atoms with Gasteiger partial charge in [-0.1, -0.05) is 19.8 Å². The van der Waals surface area contributed by atoms with Gasteiger partial charge in [-0.2, -0.15) is 5.10 Å². The number of nitrogens with zero attached hydrogens (tertiary/aromatic N) is 3. The number of ether oxygens (including phenoxy) is 1. The molecule has 0 spiro atoms. The number of unbranched alkanes of at least 4 members (excludes halogenated alkanes) is 2. The van der Waals surface area contributed by atoms with E-state index in [1.54, 1.807) is 16.8 Å². The van der Waals surface area contributed by atoms with Gasteiger partial charge in [0, 0.05) is 18.4 Å². The van der Waals surface area contributed by atoms with Gasteiger partial charge in [-0.25, -0.2) is 14.5 Å². The third kappa shape index (κ3) is 5.41. The van der Waals surface area contributed by atoms with Crippen LogP contribution in [0.3, 0.4) is 0 Å². The van der Waals surface area contributed by atoms with E-state index in [2.05, 4.69) is 22.3 Å². The highest BCUT2D eigenvalue weighted by atomic mass is 16.5. The van der Waals surface area contributed by atoms with Crippen LogP contribution in [0.2, 0.25) is 0 Å². The molecular weight excluding hydrogens is 320 g/mol. The first-order chi connectivity index (χ1) is 12.0. The number of pyridine rings is 1. The van der Waals surface area contributed by atoms with E-state index in [0.29, 0.717) is 17.9 Å². The SMILES string of the molecule is CCCCCNC(=O)COC(=O)c1ccc(-n2nc(C)cc2C)nc1. The van der Waals surface area contributed by atoms with Crippen LogP contribution >= 0.6 is 0 Å². The molecular formula is C18H24N4O3. The van der Waals surface area contributed by atoms with Gasteiger partial charge in [-0.05, 0) is 38.5 Å². The predicted molar refractivity (Wildman–Crippen MR) is 93.7 cm³/mol. The fourth-order valence-electron chi connectivity index (χ4n) is 2.36. The summed E-state index contributed by atoms with van der Waals surface area (Å²) in [4.78, 5) is 27.8. The van der Waals surface area contributed by atoms with E-state index in [1.165, 1.54) is 6.20 Å². The highest BCUT2D eigenvalue weighted by Gasteiger charge is 2.12. The van der Waals surface area contributed by atoms with Crippen molar-refractivity contribution in [3.63, 3.8) is 0 Å². The topological polar surface area (TPSA) is 86.1 Å². The Morgan fingerprint density at radius 2 is 2.04 bits per heavy atom. The van der Waals surface area contributed by atoms with Crippen LogP contribution in [0.1, 0.15) is 47.9 Å². The zero-order valence-corrected chi connectivity index (χ0v) is 14.9. The molecule has 0 fully saturated rings. The van der Waals surface area contributed by atoms with Gasteiger partial charge < -0.3 is 10.1 Å². The zero-order valence-electron chi connectivity index (χ0n) is 14.9. The van der Waals surface area contributed by atoms with Crippen molar-refractivity contribution in [2.45, 2.75) is 40.0 Å². The molecule has 2 aromatic heterocycles. The Bertz CT molecular complexity index is 722. The Kier molecular flexibility index (Phi) is 6.68. The molecule has 0 saturated heterocycles. The standard InChI is InChI=1S/C18H24N4O3/c1-4-5-6-9-19-17(23)12-25-18(24)15-7-8-16(20-11-15)22-14(3)10-13(2)21-22/h7-8,10-11H,4-6,9,12H2,1-3H3,(H,19,23). The number of hydrogen-bond acceptors (Lipinski definition) is 5. The number of esters is 1. The fraction of sp³-hybridized carbons (Fsp3) is 0.444. The molecule has 0 bridgehead atoms. The average Bonchev–Trinajstić information content (AvgIpc) is 2.95. The molecule has 1 N–H and O–H groups in total. The average molecular weight is 344 g/mol. The highest BCUT2D eigenvalue weighted by Crippen LogP contribution is 2.10. The molecule has 1 amide bonds. The minimum atomic E-state index is -0.573. The van der Waals surface area contributed by atoms with Crippen LogP contribution in [-0.4, -0.2) is 39.8 Å². The van der Waals surface area contributed by atoms with Crippen molar-refractivity contribution in [2.24, 2.45) is 0 Å². The number of amides is 1. The number of nitrogens with one attached hydrogen (secondary N) is 1. The molecule has 0 aliphatic rings. The number of hydrogen-bond donors (Lipinski definition) is 1. The van der Waals surface area contributed by atoms with Crippen LogP contribution in [0.15, 0.2) is 24.4 Å². The molecule has 2 aromatic rings. The summed E-state index contributed by atoms with van der Waals surface area (Å²) in [5.74, 6) is -0.247. The quantitative estimate of drug-likeness (QED) is 0.587. The maximum atomic E-state index is 12.0. The minimum Gasteiger partial charge on any atom is -0.452 e. The lowest BCUT2D eigenvalue weighted by Crippen LogP contribution is -2.29. The van der Waals surface area contributed by atoms with Crippen molar-refractivity contribution in [1.82, 2.24) is 20.1 Å². The van der Waals surface area contributed by atoms with Gasteiger partial charge in [0.1, 0.15) is 0 Å². The second-order valence-corrected chi connectivity index (χ2v) is 5.88. The molecule has 7 nitrogen and oxygen atoms in total. The van der Waals surface area contributed by atoms with Crippen molar-refractivity contribution >= 4 is 11.9 Å². The van der Waals surface area contributed by atoms with Crippen LogP contribution in [-0.2, 0) is 9.53 Å². The van der Waals surface area contributed by atoms with Crippen molar-refractivity contribution in [3.05, 3.63) is 41.3 Å². The first-order valence-corrected chi connectivity index (χ1v) is 8.44. The molecule has 0 aliphatic carbocycles. The molecule has 0 saturated carbocycles. The van der Waals surface area contributed by atoms with Crippen molar-refractivity contribution < 1.29 is 14.3 Å². The van der Waals surface area contributed by atoms with E-state index in [9.17, 15) is 9.59 Å². The van der Waals surface area contributed by atoms with Crippen molar-refractivity contribution in [3.8, 4) is 5.82 Å². The van der Waals surface area contributed by atoms with Gasteiger partial charge in [-0.3, -0.25) is 4.79 Å². The molecule has 0 atom stereocenters. The van der Waals surface area contributed by atoms with E-state index in [0.717, 1.165) is 30.7 Å².